The van der Waals surface area contributed by atoms with Crippen molar-refractivity contribution in [1.82, 2.24) is 15.2 Å². The lowest BCUT2D eigenvalue weighted by molar-refractivity contribution is -0.140. The van der Waals surface area contributed by atoms with Crippen LogP contribution in [-0.4, -0.2) is 60.2 Å². The number of nitrogens with two attached hydrogens (primary N) is 1. The zero-order valence-electron chi connectivity index (χ0n) is 20.4. The number of aromatic nitrogens is 1. The Balaban J connectivity index is 1.41. The van der Waals surface area contributed by atoms with Crippen LogP contribution in [-0.2, 0) is 14.3 Å². The Bertz CT molecular complexity index is 1280. The summed E-state index contributed by atoms with van der Waals surface area (Å²) >= 11 is 1.47. The third kappa shape index (κ3) is 5.23. The second-order valence-electron chi connectivity index (χ2n) is 9.60. The van der Waals surface area contributed by atoms with E-state index in [4.69, 9.17) is 15.5 Å². The molecule has 2 fully saturated rings. The highest BCUT2D eigenvalue weighted by atomic mass is 32.1. The van der Waals surface area contributed by atoms with Gasteiger partial charge in [0.05, 0.1) is 11.7 Å². The van der Waals surface area contributed by atoms with Gasteiger partial charge in [0, 0.05) is 36.1 Å². The molecule has 0 bridgehead atoms. The van der Waals surface area contributed by atoms with Crippen molar-refractivity contribution in [2.45, 2.75) is 43.8 Å². The van der Waals surface area contributed by atoms with Crippen molar-refractivity contribution in [2.75, 3.05) is 26.4 Å². The predicted octanol–water partition coefficient (Wildman–Crippen LogP) is 3.97. The zero-order chi connectivity index (χ0) is 25.9. The number of rotatable bonds is 7. The summed E-state index contributed by atoms with van der Waals surface area (Å²) in [7, 11) is 0. The van der Waals surface area contributed by atoms with E-state index in [1.54, 1.807) is 23.1 Å². The van der Waals surface area contributed by atoms with Crippen LogP contribution in [0, 0.1) is 11.7 Å². The van der Waals surface area contributed by atoms with Gasteiger partial charge in [0.15, 0.2) is 0 Å². The normalized spacial score (nSPS) is 20.2. The summed E-state index contributed by atoms with van der Waals surface area (Å²) in [5, 5.41) is 6.79. The van der Waals surface area contributed by atoms with Gasteiger partial charge in [-0.05, 0) is 49.1 Å². The number of amides is 2. The lowest BCUT2D eigenvalue weighted by Gasteiger charge is -2.34. The number of fused-ring (bicyclic) bond motifs is 1. The van der Waals surface area contributed by atoms with Crippen molar-refractivity contribution in [1.29, 1.82) is 0 Å². The van der Waals surface area contributed by atoms with Crippen molar-refractivity contribution in [3.05, 3.63) is 52.6 Å². The quantitative estimate of drug-likeness (QED) is 0.484. The summed E-state index contributed by atoms with van der Waals surface area (Å²) < 4.78 is 32.8. The number of halogens is 2. The van der Waals surface area contributed by atoms with Crippen molar-refractivity contribution in [2.24, 2.45) is 11.7 Å². The Morgan fingerprint density at radius 1 is 1.16 bits per heavy atom. The molecule has 2 aromatic carbocycles. The van der Waals surface area contributed by atoms with E-state index >= 15 is 0 Å². The van der Waals surface area contributed by atoms with Gasteiger partial charge in [0.2, 0.25) is 11.8 Å². The summed E-state index contributed by atoms with van der Waals surface area (Å²) in [6.45, 7) is 0.560. The molecular weight excluding hydrogens is 498 g/mol. The van der Waals surface area contributed by atoms with E-state index in [0.29, 0.717) is 38.0 Å². The minimum absolute atomic E-state index is 0.115. The molecule has 2 aliphatic rings. The van der Waals surface area contributed by atoms with Crippen molar-refractivity contribution < 1.29 is 23.1 Å². The van der Waals surface area contributed by atoms with Gasteiger partial charge in [-0.25, -0.2) is 13.8 Å². The fourth-order valence-electron chi connectivity index (χ4n) is 5.28. The van der Waals surface area contributed by atoms with Gasteiger partial charge in [-0.3, -0.25) is 9.59 Å². The summed E-state index contributed by atoms with van der Waals surface area (Å²) in [5.74, 6) is -1.26. The highest BCUT2D eigenvalue weighted by molar-refractivity contribution is 7.10. The van der Waals surface area contributed by atoms with Gasteiger partial charge in [0.25, 0.3) is 0 Å². The average Bonchev–Trinajstić information content (AvgIpc) is 3.62. The van der Waals surface area contributed by atoms with E-state index in [1.807, 2.05) is 17.5 Å². The minimum Gasteiger partial charge on any atom is -0.381 e. The molecule has 0 spiro atoms. The maximum atomic E-state index is 14.3. The van der Waals surface area contributed by atoms with Gasteiger partial charge >= 0.3 is 0 Å². The molecule has 0 aliphatic carbocycles. The minimum atomic E-state index is -1.31. The third-order valence-corrected chi connectivity index (χ3v) is 8.24. The van der Waals surface area contributed by atoms with Crippen molar-refractivity contribution in [3.8, 4) is 11.3 Å². The summed E-state index contributed by atoms with van der Waals surface area (Å²) in [4.78, 5) is 33.0. The molecule has 3 heterocycles. The Kier molecular flexibility index (Phi) is 7.78. The summed E-state index contributed by atoms with van der Waals surface area (Å²) in [5.41, 5.74) is 7.18. The van der Waals surface area contributed by atoms with Crippen LogP contribution in [0.15, 0.2) is 41.8 Å². The summed E-state index contributed by atoms with van der Waals surface area (Å²) in [6.07, 6.45) is 2.81. The zero-order valence-corrected chi connectivity index (χ0v) is 21.2. The summed E-state index contributed by atoms with van der Waals surface area (Å²) in [6, 6.07) is 8.15. The van der Waals surface area contributed by atoms with Gasteiger partial charge in [0.1, 0.15) is 29.6 Å². The standard InChI is InChI=1S/C27H30F2N4O3S/c28-14-21(30)25(34)32-24(16-9-12-36-13-10-16)27(35)33-11-3-6-23(33)26-31-22(15-37-26)19-7-8-20(29)18-5-2-1-4-17(18)19/h1-2,4-5,7-8,15-16,21,23-24H,3,6,9-14,30H2,(H,32,34)/t21?,23-,24-/m0/s1. The molecule has 10 heteroatoms. The van der Waals surface area contributed by atoms with Crippen molar-refractivity contribution in [3.63, 3.8) is 0 Å². The van der Waals surface area contributed by atoms with Crippen LogP contribution in [0.4, 0.5) is 8.78 Å². The molecule has 37 heavy (non-hydrogen) atoms. The van der Waals surface area contributed by atoms with Gasteiger partial charge in [-0.1, -0.05) is 24.3 Å². The number of hydrogen-bond acceptors (Lipinski definition) is 6. The van der Waals surface area contributed by atoms with E-state index in [0.717, 1.165) is 34.5 Å². The third-order valence-electron chi connectivity index (χ3n) is 7.29. The first-order chi connectivity index (χ1) is 18.0. The Morgan fingerprint density at radius 3 is 2.68 bits per heavy atom. The van der Waals surface area contributed by atoms with E-state index in [2.05, 4.69) is 5.32 Å². The molecule has 196 valence electrons. The van der Waals surface area contributed by atoms with Crippen LogP contribution in [0.3, 0.4) is 0 Å². The van der Waals surface area contributed by atoms with Gasteiger partial charge < -0.3 is 20.7 Å². The molecule has 0 radical (unpaired) electrons. The number of nitrogens with one attached hydrogen (secondary N) is 1. The lowest BCUT2D eigenvalue weighted by Crippen LogP contribution is -2.56. The number of thiazole rings is 1. The Labute approximate surface area is 218 Å². The number of hydrogen-bond donors (Lipinski definition) is 2. The first-order valence-corrected chi connectivity index (χ1v) is 13.5. The number of alkyl halides is 1. The Hall–Kier alpha value is -2.95. The van der Waals surface area contributed by atoms with Gasteiger partial charge in [-0.15, -0.1) is 11.3 Å². The number of likely N-dealkylation sites (tertiary alicyclic amines) is 1. The van der Waals surface area contributed by atoms with E-state index < -0.39 is 24.7 Å². The average molecular weight is 529 g/mol. The monoisotopic (exact) mass is 528 g/mol. The lowest BCUT2D eigenvalue weighted by atomic mass is 9.90. The maximum Gasteiger partial charge on any atom is 0.246 e. The van der Waals surface area contributed by atoms with Gasteiger partial charge in [-0.2, -0.15) is 0 Å². The second-order valence-corrected chi connectivity index (χ2v) is 10.5. The largest absolute Gasteiger partial charge is 0.381 e. The molecule has 3 aromatic rings. The van der Waals surface area contributed by atoms with Crippen LogP contribution < -0.4 is 11.1 Å². The molecule has 5 rings (SSSR count). The second kappa shape index (κ2) is 11.2. The van der Waals surface area contributed by atoms with Crippen LogP contribution >= 0.6 is 11.3 Å². The SMILES string of the molecule is NC(CF)C(=O)N[C@H](C(=O)N1CCC[C@H]1c1nc(-c2ccc(F)c3ccccc23)cs1)C1CCOCC1. The smallest absolute Gasteiger partial charge is 0.246 e. The molecular formula is C27H30F2N4O3S. The van der Waals surface area contributed by atoms with E-state index in [9.17, 15) is 18.4 Å². The molecule has 1 unspecified atom stereocenters. The van der Waals surface area contributed by atoms with Crippen LogP contribution in [0.2, 0.25) is 0 Å². The number of carbonyl (C=O) groups is 2. The predicted molar refractivity (Wildman–Crippen MR) is 138 cm³/mol. The van der Waals surface area contributed by atoms with Crippen LogP contribution in [0.1, 0.15) is 36.7 Å². The Morgan fingerprint density at radius 2 is 1.92 bits per heavy atom. The molecule has 2 aliphatic heterocycles. The highest BCUT2D eigenvalue weighted by Gasteiger charge is 2.40. The number of ether oxygens (including phenoxy) is 1. The number of benzene rings is 2. The van der Waals surface area contributed by atoms with E-state index in [1.165, 1.54) is 17.4 Å². The molecule has 0 saturated carbocycles. The molecule has 3 atom stereocenters. The molecule has 2 saturated heterocycles. The molecule has 1 aromatic heterocycles. The number of nitrogens with zero attached hydrogens (tertiary/aromatic N) is 2. The molecule has 3 N–H and O–H groups in total. The van der Waals surface area contributed by atoms with Crippen LogP contribution in [0.25, 0.3) is 22.0 Å². The van der Waals surface area contributed by atoms with E-state index in [-0.39, 0.29) is 23.7 Å². The van der Waals surface area contributed by atoms with Crippen molar-refractivity contribution >= 4 is 33.9 Å². The first kappa shape index (κ1) is 25.7. The highest BCUT2D eigenvalue weighted by Crippen LogP contribution is 2.38. The molecule has 2 amide bonds. The fourth-order valence-corrected chi connectivity index (χ4v) is 6.24. The topological polar surface area (TPSA) is 97.5 Å². The number of carbonyl (C=O) groups excluding carboxylic acids is 2. The first-order valence-electron chi connectivity index (χ1n) is 12.6. The van der Waals surface area contributed by atoms with Crippen LogP contribution in [0.5, 0.6) is 0 Å². The fraction of sp³-hybridized carbons (Fsp3) is 0.444. The molecule has 7 nitrogen and oxygen atoms in total. The maximum absolute atomic E-state index is 14.3.